The van der Waals surface area contributed by atoms with Crippen LogP contribution in [-0.2, 0) is 0 Å². The van der Waals surface area contributed by atoms with Crippen LogP contribution in [0.15, 0.2) is 218 Å². The van der Waals surface area contributed by atoms with E-state index in [0.717, 1.165) is 28.4 Å². The lowest BCUT2D eigenvalue weighted by atomic mass is 9.80. The van der Waals surface area contributed by atoms with Crippen molar-refractivity contribution in [2.24, 2.45) is 0 Å². The van der Waals surface area contributed by atoms with Crippen molar-refractivity contribution in [3.63, 3.8) is 0 Å². The van der Waals surface area contributed by atoms with Crippen molar-refractivity contribution < 1.29 is 0 Å². The van der Waals surface area contributed by atoms with Gasteiger partial charge in [-0.1, -0.05) is 115 Å². The minimum Gasteiger partial charge on any atom is -0.331 e. The molecular formula is C55H40N4. The summed E-state index contributed by atoms with van der Waals surface area (Å²) in [6, 6.07) is 70.8. The number of hydrogen-bond acceptors (Lipinski definition) is 2. The summed E-state index contributed by atoms with van der Waals surface area (Å²) in [6.45, 7) is 2.36. The summed E-state index contributed by atoms with van der Waals surface area (Å²) in [5, 5.41) is 5.05. The van der Waals surface area contributed by atoms with Gasteiger partial charge in [0, 0.05) is 67.3 Å². The first kappa shape index (κ1) is 33.6. The van der Waals surface area contributed by atoms with Gasteiger partial charge in [0.05, 0.1) is 27.6 Å². The lowest BCUT2D eigenvalue weighted by Crippen LogP contribution is -2.41. The number of benzene rings is 8. The van der Waals surface area contributed by atoms with Crippen LogP contribution in [0.3, 0.4) is 0 Å². The van der Waals surface area contributed by atoms with Gasteiger partial charge in [-0.3, -0.25) is 0 Å². The van der Waals surface area contributed by atoms with Crippen molar-refractivity contribution in [2.45, 2.75) is 18.4 Å². The number of aromatic nitrogens is 2. The molecule has 0 fully saturated rings. The van der Waals surface area contributed by atoms with Crippen LogP contribution in [0.4, 0.5) is 28.4 Å². The maximum absolute atomic E-state index is 2.52. The highest BCUT2D eigenvalue weighted by Crippen LogP contribution is 2.54. The van der Waals surface area contributed by atoms with E-state index in [9.17, 15) is 0 Å². The number of fused-ring (bicyclic) bond motifs is 9. The summed E-state index contributed by atoms with van der Waals surface area (Å²) in [5.41, 5.74) is 14.0. The normalized spacial score (nSPS) is 17.0. The first-order valence-corrected chi connectivity index (χ1v) is 20.5. The zero-order valence-corrected chi connectivity index (χ0v) is 32.7. The average Bonchev–Trinajstić information content (AvgIpc) is 3.91. The van der Waals surface area contributed by atoms with Gasteiger partial charge >= 0.3 is 0 Å². The van der Waals surface area contributed by atoms with Gasteiger partial charge in [-0.2, -0.15) is 0 Å². The predicted molar refractivity (Wildman–Crippen MR) is 248 cm³/mol. The molecule has 0 N–H and O–H groups in total. The van der Waals surface area contributed by atoms with E-state index in [-0.39, 0.29) is 5.54 Å². The largest absolute Gasteiger partial charge is 0.331 e. The predicted octanol–water partition coefficient (Wildman–Crippen LogP) is 14.5. The van der Waals surface area contributed by atoms with Crippen LogP contribution >= 0.6 is 0 Å². The van der Waals surface area contributed by atoms with E-state index in [1.807, 2.05) is 0 Å². The first-order chi connectivity index (χ1) is 29.2. The zero-order chi connectivity index (χ0) is 39.1. The summed E-state index contributed by atoms with van der Waals surface area (Å²) in [4.78, 5) is 4.89. The van der Waals surface area contributed by atoms with Gasteiger partial charge < -0.3 is 18.9 Å². The molecule has 2 unspecified atom stereocenters. The minimum atomic E-state index is -0.190. The average molecular weight is 757 g/mol. The third kappa shape index (κ3) is 5.03. The van der Waals surface area contributed by atoms with E-state index in [4.69, 9.17) is 0 Å². The molecule has 2 aliphatic rings. The molecular weight excluding hydrogens is 717 g/mol. The van der Waals surface area contributed by atoms with Crippen LogP contribution < -0.4 is 9.80 Å². The maximum Gasteiger partial charge on any atom is 0.0712 e. The van der Waals surface area contributed by atoms with Gasteiger partial charge in [-0.25, -0.2) is 0 Å². The third-order valence-electron chi connectivity index (χ3n) is 12.7. The summed E-state index contributed by atoms with van der Waals surface area (Å²) in [5.74, 6) is 0.293. The van der Waals surface area contributed by atoms with Gasteiger partial charge in [0.1, 0.15) is 0 Å². The van der Waals surface area contributed by atoms with Crippen molar-refractivity contribution >= 4 is 72.0 Å². The highest BCUT2D eigenvalue weighted by Gasteiger charge is 2.46. The lowest BCUT2D eigenvalue weighted by Gasteiger charge is -2.39. The smallest absolute Gasteiger partial charge is 0.0712 e. The molecule has 1 aliphatic carbocycles. The highest BCUT2D eigenvalue weighted by molar-refractivity contribution is 6.10. The zero-order valence-electron chi connectivity index (χ0n) is 32.7. The minimum absolute atomic E-state index is 0.190. The van der Waals surface area contributed by atoms with E-state index < -0.39 is 0 Å². The summed E-state index contributed by atoms with van der Waals surface area (Å²) < 4.78 is 4.76. The first-order valence-electron chi connectivity index (χ1n) is 20.5. The Balaban J connectivity index is 0.978. The number of anilines is 5. The molecule has 0 spiro atoms. The van der Waals surface area contributed by atoms with Crippen molar-refractivity contribution in [3.8, 4) is 11.4 Å². The van der Waals surface area contributed by atoms with Crippen LogP contribution in [0.1, 0.15) is 18.4 Å². The molecule has 59 heavy (non-hydrogen) atoms. The van der Waals surface area contributed by atoms with Crippen molar-refractivity contribution in [2.75, 3.05) is 9.80 Å². The second-order valence-electron chi connectivity index (χ2n) is 16.0. The Morgan fingerprint density at radius 1 is 0.407 bits per heavy atom. The molecule has 10 aromatic rings. The van der Waals surface area contributed by atoms with E-state index in [2.05, 4.69) is 244 Å². The highest BCUT2D eigenvalue weighted by atomic mass is 15.2. The summed E-state index contributed by atoms with van der Waals surface area (Å²) in [7, 11) is 0. The van der Waals surface area contributed by atoms with Crippen molar-refractivity contribution in [1.82, 2.24) is 9.13 Å². The fraction of sp³-hybridized carbons (Fsp3) is 0.0545. The van der Waals surface area contributed by atoms with E-state index in [1.165, 1.54) is 60.5 Å². The molecule has 4 heteroatoms. The summed E-state index contributed by atoms with van der Waals surface area (Å²) in [6.07, 6.45) is 9.08. The molecule has 0 bridgehead atoms. The van der Waals surface area contributed by atoms with E-state index in [0.29, 0.717) is 5.92 Å². The Hall–Kier alpha value is -7.56. The number of hydrogen-bond donors (Lipinski definition) is 0. The van der Waals surface area contributed by atoms with E-state index in [1.54, 1.807) is 0 Å². The molecule has 0 saturated carbocycles. The molecule has 3 heterocycles. The molecule has 0 radical (unpaired) electrons. The molecule has 0 saturated heterocycles. The van der Waals surface area contributed by atoms with Gasteiger partial charge in [0.15, 0.2) is 0 Å². The van der Waals surface area contributed by atoms with Crippen LogP contribution in [0.2, 0.25) is 0 Å². The van der Waals surface area contributed by atoms with Gasteiger partial charge in [-0.05, 0) is 116 Å². The van der Waals surface area contributed by atoms with Gasteiger partial charge in [0.25, 0.3) is 0 Å². The molecule has 280 valence electrons. The molecule has 8 aromatic carbocycles. The monoisotopic (exact) mass is 756 g/mol. The second-order valence-corrected chi connectivity index (χ2v) is 16.0. The Kier molecular flexibility index (Phi) is 7.39. The Morgan fingerprint density at radius 3 is 1.25 bits per heavy atom. The molecule has 1 aliphatic heterocycles. The summed E-state index contributed by atoms with van der Waals surface area (Å²) >= 11 is 0. The molecule has 2 atom stereocenters. The molecule has 12 rings (SSSR count). The number of rotatable bonds is 6. The quantitative estimate of drug-likeness (QED) is 0.168. The van der Waals surface area contributed by atoms with Crippen LogP contribution in [0, 0.1) is 0 Å². The topological polar surface area (TPSA) is 16.3 Å². The van der Waals surface area contributed by atoms with Crippen molar-refractivity contribution in [3.05, 3.63) is 224 Å². The fourth-order valence-corrected chi connectivity index (χ4v) is 10.1. The molecule has 2 aromatic heterocycles. The van der Waals surface area contributed by atoms with Crippen LogP contribution in [-0.4, -0.2) is 14.7 Å². The Bertz CT molecular complexity index is 3030. The standard InChI is InChI=1S/C55H40N4/c1-55-37-13-12-19-49(55)48-18-6-11-24-54(48)59(55)43-35-33-40(34-36-43)56(38-25-29-41(30-26-38)57-50-20-7-2-14-44(50)45-15-3-8-21-51(45)57)39-27-31-42(32-28-39)58-52-22-9-4-16-46(52)47-17-5-10-23-53(47)58/h2-37,49H,1H3. The fourth-order valence-electron chi connectivity index (χ4n) is 10.1. The van der Waals surface area contributed by atoms with E-state index >= 15 is 0 Å². The Morgan fingerprint density at radius 2 is 0.797 bits per heavy atom. The maximum atomic E-state index is 2.52. The molecule has 0 amide bonds. The van der Waals surface area contributed by atoms with Gasteiger partial charge in [0.2, 0.25) is 0 Å². The SMILES string of the molecule is CC12C=CC=CC1c1ccccc1N2c1ccc(N(c2ccc(-n3c4ccccc4c4ccccc43)cc2)c2ccc(-n3c4ccccc4c4ccccc43)cc2)cc1. The van der Waals surface area contributed by atoms with Crippen LogP contribution in [0.25, 0.3) is 55.0 Å². The lowest BCUT2D eigenvalue weighted by molar-refractivity contribution is 0.542. The number of para-hydroxylation sites is 5. The van der Waals surface area contributed by atoms with Gasteiger partial charge in [-0.15, -0.1) is 0 Å². The number of nitrogens with zero attached hydrogens (tertiary/aromatic N) is 4. The second kappa shape index (κ2) is 13.0. The van der Waals surface area contributed by atoms with Crippen molar-refractivity contribution in [1.29, 1.82) is 0 Å². The Labute approximate surface area is 343 Å². The van der Waals surface area contributed by atoms with Crippen LogP contribution in [0.5, 0.6) is 0 Å². The molecule has 4 nitrogen and oxygen atoms in total. The number of allylic oxidation sites excluding steroid dienone is 2. The third-order valence-corrected chi connectivity index (χ3v) is 12.7.